The van der Waals surface area contributed by atoms with Crippen molar-refractivity contribution in [3.63, 3.8) is 0 Å². The van der Waals surface area contributed by atoms with Crippen LogP contribution in [0.2, 0.25) is 0 Å². The summed E-state index contributed by atoms with van der Waals surface area (Å²) in [5.41, 5.74) is 0.185. The normalized spacial score (nSPS) is 10.4. The number of hydrogen-bond donors (Lipinski definition) is 1. The van der Waals surface area contributed by atoms with E-state index in [2.05, 4.69) is 15.9 Å². The van der Waals surface area contributed by atoms with E-state index in [1.54, 1.807) is 12.1 Å². The molecule has 0 amide bonds. The first-order valence-electron chi connectivity index (χ1n) is 4.67. The molecule has 15 heavy (non-hydrogen) atoms. The van der Waals surface area contributed by atoms with Gasteiger partial charge in [0.05, 0.1) is 11.1 Å². The van der Waals surface area contributed by atoms with E-state index in [9.17, 15) is 4.79 Å². The lowest BCUT2D eigenvalue weighted by atomic mass is 10.2. The highest BCUT2D eigenvalue weighted by molar-refractivity contribution is 9.10. The van der Waals surface area contributed by atoms with E-state index >= 15 is 0 Å². The van der Waals surface area contributed by atoms with Crippen molar-refractivity contribution >= 4 is 21.9 Å². The lowest BCUT2D eigenvalue weighted by Crippen LogP contribution is -2.09. The highest BCUT2D eigenvalue weighted by Crippen LogP contribution is 2.29. The lowest BCUT2D eigenvalue weighted by Gasteiger charge is -2.12. The van der Waals surface area contributed by atoms with Gasteiger partial charge in [-0.1, -0.05) is 19.9 Å². The number of benzene rings is 1. The largest absolute Gasteiger partial charge is 0.491 e. The topological polar surface area (TPSA) is 46.5 Å². The van der Waals surface area contributed by atoms with Crippen LogP contribution in [0.4, 0.5) is 0 Å². The van der Waals surface area contributed by atoms with Crippen LogP contribution in [0.1, 0.15) is 24.2 Å². The van der Waals surface area contributed by atoms with Crippen LogP contribution < -0.4 is 4.74 Å². The van der Waals surface area contributed by atoms with Crippen molar-refractivity contribution in [3.8, 4) is 5.75 Å². The first-order chi connectivity index (χ1) is 7.02. The predicted octanol–water partition coefficient (Wildman–Crippen LogP) is 3.18. The molecule has 0 saturated carbocycles. The molecule has 1 rings (SSSR count). The molecule has 1 aromatic rings. The Morgan fingerprint density at radius 3 is 2.73 bits per heavy atom. The van der Waals surface area contributed by atoms with Gasteiger partial charge in [0.15, 0.2) is 0 Å². The minimum Gasteiger partial charge on any atom is -0.491 e. The fourth-order valence-electron chi connectivity index (χ4n) is 1.07. The van der Waals surface area contributed by atoms with Gasteiger partial charge in [-0.15, -0.1) is 0 Å². The Kier molecular flexibility index (Phi) is 4.15. The summed E-state index contributed by atoms with van der Waals surface area (Å²) in [7, 11) is 0. The van der Waals surface area contributed by atoms with Crippen LogP contribution in [-0.2, 0) is 0 Å². The molecule has 0 saturated heterocycles. The second-order valence-electron chi connectivity index (χ2n) is 3.63. The van der Waals surface area contributed by atoms with E-state index in [0.29, 0.717) is 22.7 Å². The standard InChI is InChI=1S/C11H13BrO3/c1-7(2)6-15-10-8(11(13)14)4-3-5-9(10)12/h3-5,7H,6H2,1-2H3,(H,13,14). The highest BCUT2D eigenvalue weighted by atomic mass is 79.9. The Bertz CT molecular complexity index is 361. The third-order valence-electron chi connectivity index (χ3n) is 1.76. The molecule has 0 heterocycles. The van der Waals surface area contributed by atoms with Crippen LogP contribution in [0.25, 0.3) is 0 Å². The monoisotopic (exact) mass is 272 g/mol. The molecule has 82 valence electrons. The fraction of sp³-hybridized carbons (Fsp3) is 0.364. The summed E-state index contributed by atoms with van der Waals surface area (Å²) in [5, 5.41) is 8.95. The molecule has 0 unspecified atom stereocenters. The molecule has 0 aliphatic rings. The van der Waals surface area contributed by atoms with E-state index in [4.69, 9.17) is 9.84 Å². The Morgan fingerprint density at radius 1 is 1.53 bits per heavy atom. The van der Waals surface area contributed by atoms with Gasteiger partial charge in [0.1, 0.15) is 11.3 Å². The van der Waals surface area contributed by atoms with Crippen LogP contribution in [0, 0.1) is 5.92 Å². The molecule has 0 radical (unpaired) electrons. The zero-order valence-electron chi connectivity index (χ0n) is 8.66. The van der Waals surface area contributed by atoms with Crippen molar-refractivity contribution in [2.75, 3.05) is 6.61 Å². The van der Waals surface area contributed by atoms with Crippen molar-refractivity contribution in [3.05, 3.63) is 28.2 Å². The Hall–Kier alpha value is -1.03. The van der Waals surface area contributed by atoms with Crippen LogP contribution in [0.15, 0.2) is 22.7 Å². The number of hydrogen-bond acceptors (Lipinski definition) is 2. The molecule has 1 N–H and O–H groups in total. The summed E-state index contributed by atoms with van der Waals surface area (Å²) in [6, 6.07) is 4.97. The summed E-state index contributed by atoms with van der Waals surface area (Å²) < 4.78 is 6.13. The Morgan fingerprint density at radius 2 is 2.20 bits per heavy atom. The average molecular weight is 273 g/mol. The summed E-state index contributed by atoms with van der Waals surface area (Å²) in [6.45, 7) is 4.53. The van der Waals surface area contributed by atoms with Crippen LogP contribution in [0.5, 0.6) is 5.75 Å². The van der Waals surface area contributed by atoms with E-state index in [0.717, 1.165) is 0 Å². The second kappa shape index (κ2) is 5.16. The third kappa shape index (κ3) is 3.23. The highest BCUT2D eigenvalue weighted by Gasteiger charge is 2.14. The van der Waals surface area contributed by atoms with Gasteiger partial charge in [0, 0.05) is 0 Å². The van der Waals surface area contributed by atoms with Gasteiger partial charge in [-0.2, -0.15) is 0 Å². The van der Waals surface area contributed by atoms with E-state index in [-0.39, 0.29) is 5.56 Å². The predicted molar refractivity (Wildman–Crippen MR) is 61.4 cm³/mol. The van der Waals surface area contributed by atoms with Gasteiger partial charge < -0.3 is 9.84 Å². The van der Waals surface area contributed by atoms with Crippen LogP contribution >= 0.6 is 15.9 Å². The van der Waals surface area contributed by atoms with Crippen molar-refractivity contribution < 1.29 is 14.6 Å². The van der Waals surface area contributed by atoms with Gasteiger partial charge in [-0.3, -0.25) is 0 Å². The molecule has 0 aliphatic heterocycles. The van der Waals surface area contributed by atoms with Gasteiger partial charge in [-0.25, -0.2) is 4.79 Å². The lowest BCUT2D eigenvalue weighted by molar-refractivity contribution is 0.0691. The molecule has 0 spiro atoms. The number of carboxylic acids is 1. The maximum absolute atomic E-state index is 10.9. The molecule has 0 fully saturated rings. The molecular weight excluding hydrogens is 260 g/mol. The van der Waals surface area contributed by atoms with Gasteiger partial charge in [-0.05, 0) is 34.0 Å². The van der Waals surface area contributed by atoms with Crippen molar-refractivity contribution in [2.45, 2.75) is 13.8 Å². The maximum Gasteiger partial charge on any atom is 0.339 e. The molecule has 0 aromatic heterocycles. The van der Waals surface area contributed by atoms with Crippen LogP contribution in [-0.4, -0.2) is 17.7 Å². The first-order valence-corrected chi connectivity index (χ1v) is 5.46. The second-order valence-corrected chi connectivity index (χ2v) is 4.48. The average Bonchev–Trinajstić information content (AvgIpc) is 2.15. The van der Waals surface area contributed by atoms with Gasteiger partial charge in [0.2, 0.25) is 0 Å². The number of ether oxygens (including phenoxy) is 1. The summed E-state index contributed by atoms with van der Waals surface area (Å²) >= 11 is 3.28. The first kappa shape index (κ1) is 12.0. The third-order valence-corrected chi connectivity index (χ3v) is 2.38. The van der Waals surface area contributed by atoms with Gasteiger partial charge in [0.25, 0.3) is 0 Å². The Balaban J connectivity index is 2.97. The molecular formula is C11H13BrO3. The minimum absolute atomic E-state index is 0.185. The van der Waals surface area contributed by atoms with E-state index < -0.39 is 5.97 Å². The van der Waals surface area contributed by atoms with Crippen LogP contribution in [0.3, 0.4) is 0 Å². The SMILES string of the molecule is CC(C)COc1c(Br)cccc1C(=O)O. The molecule has 4 heteroatoms. The van der Waals surface area contributed by atoms with E-state index in [1.807, 2.05) is 13.8 Å². The fourth-order valence-corrected chi connectivity index (χ4v) is 1.55. The number of carboxylic acid groups (broad SMARTS) is 1. The zero-order chi connectivity index (χ0) is 11.4. The molecule has 3 nitrogen and oxygen atoms in total. The zero-order valence-corrected chi connectivity index (χ0v) is 10.2. The Labute approximate surface area is 97.2 Å². The summed E-state index contributed by atoms with van der Waals surface area (Å²) in [4.78, 5) is 10.9. The summed E-state index contributed by atoms with van der Waals surface area (Å²) in [6.07, 6.45) is 0. The van der Waals surface area contributed by atoms with Crippen molar-refractivity contribution in [1.29, 1.82) is 0 Å². The molecule has 0 aliphatic carbocycles. The smallest absolute Gasteiger partial charge is 0.339 e. The van der Waals surface area contributed by atoms with Crippen molar-refractivity contribution in [1.82, 2.24) is 0 Å². The summed E-state index contributed by atoms with van der Waals surface area (Å²) in [5.74, 6) is -0.215. The molecule has 1 aromatic carbocycles. The number of carbonyl (C=O) groups is 1. The number of para-hydroxylation sites is 1. The maximum atomic E-state index is 10.9. The van der Waals surface area contributed by atoms with E-state index in [1.165, 1.54) is 6.07 Å². The quantitative estimate of drug-likeness (QED) is 0.916. The minimum atomic E-state index is -0.977. The van der Waals surface area contributed by atoms with Gasteiger partial charge >= 0.3 is 5.97 Å². The molecule has 0 bridgehead atoms. The number of rotatable bonds is 4. The number of halogens is 1. The van der Waals surface area contributed by atoms with Crippen molar-refractivity contribution in [2.24, 2.45) is 5.92 Å². The molecule has 0 atom stereocenters. The number of aromatic carboxylic acids is 1.